The molecule has 1 aromatic heterocycles. The number of nitrogens with zero attached hydrogens (tertiary/aromatic N) is 3. The molecule has 1 amide bonds. The van der Waals surface area contributed by atoms with Crippen molar-refractivity contribution in [1.29, 1.82) is 0 Å². The van der Waals surface area contributed by atoms with Crippen LogP contribution in [0.25, 0.3) is 0 Å². The predicted octanol–water partition coefficient (Wildman–Crippen LogP) is 5.05. The summed E-state index contributed by atoms with van der Waals surface area (Å²) in [5.41, 5.74) is 9.92. The van der Waals surface area contributed by atoms with E-state index in [1.165, 1.54) is 35.0 Å². The number of benzene rings is 1. The van der Waals surface area contributed by atoms with Gasteiger partial charge in [-0.3, -0.25) is 14.8 Å². The van der Waals surface area contributed by atoms with Gasteiger partial charge >= 0.3 is 0 Å². The van der Waals surface area contributed by atoms with Gasteiger partial charge < -0.3 is 10.7 Å². The smallest absolute Gasteiger partial charge is 0.271 e. The van der Waals surface area contributed by atoms with Crippen molar-refractivity contribution in [2.45, 2.75) is 52.0 Å². The van der Waals surface area contributed by atoms with Crippen LogP contribution in [-0.4, -0.2) is 21.9 Å². The summed E-state index contributed by atoms with van der Waals surface area (Å²) in [5, 5.41) is 5.24. The molecule has 0 radical (unpaired) electrons. The van der Waals surface area contributed by atoms with Crippen LogP contribution in [0.3, 0.4) is 0 Å². The van der Waals surface area contributed by atoms with E-state index in [2.05, 4.69) is 46.8 Å². The SMILES string of the molecule is CCCC(C[C@H]1CCC2=C1[C@@H](C)C1=CNN(c3ccc(F)cc3)C1=C2)NC(=O)c1cnccn1. The quantitative estimate of drug-likeness (QED) is 0.606. The fourth-order valence-electron chi connectivity index (χ4n) is 5.58. The summed E-state index contributed by atoms with van der Waals surface area (Å²) >= 11 is 0. The van der Waals surface area contributed by atoms with E-state index < -0.39 is 0 Å². The number of halogens is 1. The number of amides is 1. The second kappa shape index (κ2) is 9.41. The van der Waals surface area contributed by atoms with Crippen LogP contribution in [-0.2, 0) is 0 Å². The second-order valence-electron chi connectivity index (χ2n) is 9.29. The van der Waals surface area contributed by atoms with Gasteiger partial charge in [-0.1, -0.05) is 25.8 Å². The minimum absolute atomic E-state index is 0.0975. The molecule has 3 atom stereocenters. The average Bonchev–Trinajstić information content (AvgIpc) is 3.45. The van der Waals surface area contributed by atoms with Crippen LogP contribution >= 0.6 is 0 Å². The topological polar surface area (TPSA) is 70.2 Å². The van der Waals surface area contributed by atoms with Gasteiger partial charge in [0.25, 0.3) is 5.91 Å². The summed E-state index contributed by atoms with van der Waals surface area (Å²) < 4.78 is 13.4. The normalized spacial score (nSPS) is 21.9. The van der Waals surface area contributed by atoms with Crippen molar-refractivity contribution in [3.05, 3.63) is 89.1 Å². The summed E-state index contributed by atoms with van der Waals surface area (Å²) in [4.78, 5) is 20.9. The van der Waals surface area contributed by atoms with Crippen LogP contribution in [0.4, 0.5) is 10.1 Å². The molecule has 3 aliphatic rings. The number of carbonyl (C=O) groups excluding carboxylic acids is 1. The Hall–Kier alpha value is -3.48. The maximum Gasteiger partial charge on any atom is 0.271 e. The van der Waals surface area contributed by atoms with Gasteiger partial charge in [-0.25, -0.2) is 9.37 Å². The summed E-state index contributed by atoms with van der Waals surface area (Å²) in [6, 6.07) is 6.66. The summed E-state index contributed by atoms with van der Waals surface area (Å²) in [7, 11) is 0. The van der Waals surface area contributed by atoms with Crippen LogP contribution in [0, 0.1) is 17.7 Å². The van der Waals surface area contributed by atoms with Crippen molar-refractivity contribution in [2.24, 2.45) is 11.8 Å². The first-order valence-corrected chi connectivity index (χ1v) is 12.1. The first kappa shape index (κ1) is 22.3. The minimum atomic E-state index is -0.237. The van der Waals surface area contributed by atoms with Crippen molar-refractivity contribution in [1.82, 2.24) is 20.7 Å². The lowest BCUT2D eigenvalue weighted by atomic mass is 9.78. The fourth-order valence-corrected chi connectivity index (χ4v) is 5.58. The van der Waals surface area contributed by atoms with Crippen molar-refractivity contribution in [3.63, 3.8) is 0 Å². The van der Waals surface area contributed by atoms with Gasteiger partial charge in [-0.05, 0) is 67.5 Å². The third kappa shape index (κ3) is 4.22. The van der Waals surface area contributed by atoms with Crippen molar-refractivity contribution >= 4 is 11.6 Å². The largest absolute Gasteiger partial charge is 0.348 e. The first-order valence-electron chi connectivity index (χ1n) is 12.1. The number of fused-ring (bicyclic) bond motifs is 1. The fraction of sp³-hybridized carbons (Fsp3) is 0.370. The van der Waals surface area contributed by atoms with Gasteiger partial charge in [-0.15, -0.1) is 0 Å². The molecule has 2 N–H and O–H groups in total. The molecule has 1 unspecified atom stereocenters. The molecule has 0 saturated carbocycles. The molecule has 0 bridgehead atoms. The number of anilines is 1. The summed E-state index contributed by atoms with van der Waals surface area (Å²) in [5.74, 6) is 0.328. The Morgan fingerprint density at radius 2 is 2.12 bits per heavy atom. The molecule has 2 aromatic rings. The van der Waals surface area contributed by atoms with Crippen LogP contribution in [0.1, 0.15) is 56.4 Å². The first-order chi connectivity index (χ1) is 16.5. The highest BCUT2D eigenvalue weighted by Crippen LogP contribution is 2.49. The molecule has 2 heterocycles. The van der Waals surface area contributed by atoms with Crippen LogP contribution in [0.2, 0.25) is 0 Å². The van der Waals surface area contributed by atoms with Crippen LogP contribution < -0.4 is 15.8 Å². The van der Waals surface area contributed by atoms with Gasteiger partial charge in [-0.2, -0.15) is 0 Å². The van der Waals surface area contributed by atoms with Crippen molar-refractivity contribution in [3.8, 4) is 0 Å². The van der Waals surface area contributed by atoms with Crippen LogP contribution in [0.15, 0.2) is 77.5 Å². The molecule has 7 heteroatoms. The molecule has 6 nitrogen and oxygen atoms in total. The Bertz CT molecular complexity index is 1160. The maximum absolute atomic E-state index is 13.4. The van der Waals surface area contributed by atoms with E-state index in [1.807, 2.05) is 5.01 Å². The number of rotatable bonds is 7. The number of carbonyl (C=O) groups is 1. The van der Waals surface area contributed by atoms with E-state index in [0.717, 1.165) is 43.5 Å². The van der Waals surface area contributed by atoms with Crippen molar-refractivity contribution in [2.75, 3.05) is 5.01 Å². The number of hydrogen-bond acceptors (Lipinski definition) is 5. The van der Waals surface area contributed by atoms with Crippen molar-refractivity contribution < 1.29 is 9.18 Å². The van der Waals surface area contributed by atoms with E-state index in [9.17, 15) is 9.18 Å². The highest BCUT2D eigenvalue weighted by molar-refractivity contribution is 5.92. The third-order valence-corrected chi connectivity index (χ3v) is 7.12. The zero-order valence-corrected chi connectivity index (χ0v) is 19.6. The van der Waals surface area contributed by atoms with Crippen LogP contribution in [0.5, 0.6) is 0 Å². The third-order valence-electron chi connectivity index (χ3n) is 7.12. The zero-order valence-electron chi connectivity index (χ0n) is 19.6. The summed E-state index contributed by atoms with van der Waals surface area (Å²) in [6.45, 7) is 4.42. The average molecular weight is 460 g/mol. The lowest BCUT2D eigenvalue weighted by Crippen LogP contribution is -2.37. The lowest BCUT2D eigenvalue weighted by molar-refractivity contribution is 0.0924. The van der Waals surface area contributed by atoms with Gasteiger partial charge in [0.1, 0.15) is 11.5 Å². The molecule has 5 rings (SSSR count). The van der Waals surface area contributed by atoms with Gasteiger partial charge in [0, 0.05) is 36.1 Å². The number of allylic oxidation sites excluding steroid dienone is 4. The monoisotopic (exact) mass is 459 g/mol. The van der Waals surface area contributed by atoms with E-state index in [-0.39, 0.29) is 17.8 Å². The number of hydrogen-bond donors (Lipinski definition) is 2. The maximum atomic E-state index is 13.4. The van der Waals surface area contributed by atoms with Gasteiger partial charge in [0.15, 0.2) is 0 Å². The molecular formula is C27H30FN5O. The molecule has 176 valence electrons. The number of hydrazine groups is 1. The molecule has 34 heavy (non-hydrogen) atoms. The van der Waals surface area contributed by atoms with Gasteiger partial charge in [0.05, 0.1) is 17.6 Å². The Morgan fingerprint density at radius 3 is 2.85 bits per heavy atom. The van der Waals surface area contributed by atoms with E-state index in [1.54, 1.807) is 24.5 Å². The van der Waals surface area contributed by atoms with E-state index in [4.69, 9.17) is 0 Å². The Balaban J connectivity index is 1.35. The Labute approximate surface area is 199 Å². The Kier molecular flexibility index (Phi) is 6.18. The summed E-state index contributed by atoms with van der Waals surface area (Å²) in [6.07, 6.45) is 14.0. The molecule has 2 aliphatic carbocycles. The zero-order chi connectivity index (χ0) is 23.7. The molecule has 0 saturated heterocycles. The minimum Gasteiger partial charge on any atom is -0.348 e. The molecule has 1 aromatic carbocycles. The number of aromatic nitrogens is 2. The molecule has 0 spiro atoms. The lowest BCUT2D eigenvalue weighted by Gasteiger charge is -2.31. The Morgan fingerprint density at radius 1 is 1.29 bits per heavy atom. The predicted molar refractivity (Wildman–Crippen MR) is 130 cm³/mol. The highest BCUT2D eigenvalue weighted by atomic mass is 19.1. The van der Waals surface area contributed by atoms with Gasteiger partial charge in [0.2, 0.25) is 0 Å². The molecular weight excluding hydrogens is 429 g/mol. The number of nitrogens with one attached hydrogen (secondary N) is 2. The molecule has 0 fully saturated rings. The van der Waals surface area contributed by atoms with E-state index in [0.29, 0.717) is 17.5 Å². The second-order valence-corrected chi connectivity index (χ2v) is 9.29. The molecule has 1 aliphatic heterocycles. The highest BCUT2D eigenvalue weighted by Gasteiger charge is 2.38. The standard InChI is InChI=1S/C27H30FN5O/c1-3-4-21(32-27(34)24-16-29-11-12-30-24)13-18-5-6-19-14-25-23(17(2)26(18)19)15-31-33(25)22-9-7-20(28)8-10-22/h7-12,14-18,21,31H,3-6,13H2,1-2H3,(H,32,34)/t17-,18+,21?/m0/s1. The van der Waals surface area contributed by atoms with E-state index >= 15 is 0 Å².